The maximum atomic E-state index is 6.08. The van der Waals surface area contributed by atoms with Crippen molar-refractivity contribution in [3.63, 3.8) is 0 Å². The standard InChI is InChI=1S/C11H11BrN4/c12-8-3-7(4-14-5-8)10-11(13)16(6-15-10)9-1-2-9/h3-6,9H,1-2,13H2. The van der Waals surface area contributed by atoms with E-state index in [4.69, 9.17) is 5.73 Å². The van der Waals surface area contributed by atoms with E-state index in [2.05, 4.69) is 30.5 Å². The molecule has 0 aliphatic heterocycles. The number of imidazole rings is 1. The van der Waals surface area contributed by atoms with Crippen LogP contribution in [0.4, 0.5) is 5.82 Å². The van der Waals surface area contributed by atoms with E-state index in [1.807, 2.05) is 12.4 Å². The van der Waals surface area contributed by atoms with Gasteiger partial charge in [0.25, 0.3) is 0 Å². The first kappa shape index (κ1) is 9.84. The summed E-state index contributed by atoms with van der Waals surface area (Å²) in [4.78, 5) is 8.49. The van der Waals surface area contributed by atoms with E-state index in [9.17, 15) is 0 Å². The van der Waals surface area contributed by atoms with Gasteiger partial charge in [-0.25, -0.2) is 4.98 Å². The average Bonchev–Trinajstić information content (AvgIpc) is 3.03. The summed E-state index contributed by atoms with van der Waals surface area (Å²) in [6, 6.07) is 2.53. The highest BCUT2D eigenvalue weighted by Gasteiger charge is 2.26. The van der Waals surface area contributed by atoms with Crippen LogP contribution in [0.3, 0.4) is 0 Å². The summed E-state index contributed by atoms with van der Waals surface area (Å²) >= 11 is 3.39. The highest BCUT2D eigenvalue weighted by atomic mass is 79.9. The van der Waals surface area contributed by atoms with Crippen molar-refractivity contribution < 1.29 is 0 Å². The number of pyridine rings is 1. The number of hydrogen-bond acceptors (Lipinski definition) is 3. The van der Waals surface area contributed by atoms with Gasteiger partial charge in [0.2, 0.25) is 0 Å². The smallest absolute Gasteiger partial charge is 0.131 e. The van der Waals surface area contributed by atoms with Gasteiger partial charge in [0.05, 0.1) is 6.33 Å². The Bertz CT molecular complexity index is 531. The Labute approximate surface area is 102 Å². The van der Waals surface area contributed by atoms with Crippen LogP contribution in [0.25, 0.3) is 11.3 Å². The van der Waals surface area contributed by atoms with Crippen molar-refractivity contribution in [3.8, 4) is 11.3 Å². The third-order valence-corrected chi connectivity index (χ3v) is 3.18. The van der Waals surface area contributed by atoms with Crippen LogP contribution in [0.15, 0.2) is 29.3 Å². The van der Waals surface area contributed by atoms with E-state index >= 15 is 0 Å². The number of halogens is 1. The lowest BCUT2D eigenvalue weighted by Crippen LogP contribution is -1.99. The van der Waals surface area contributed by atoms with E-state index < -0.39 is 0 Å². The maximum absolute atomic E-state index is 6.08. The summed E-state index contributed by atoms with van der Waals surface area (Å²) < 4.78 is 2.99. The van der Waals surface area contributed by atoms with E-state index in [0.29, 0.717) is 6.04 Å². The molecule has 0 saturated heterocycles. The summed E-state index contributed by atoms with van der Waals surface area (Å²) in [5, 5.41) is 0. The molecule has 1 aliphatic carbocycles. The molecule has 1 aliphatic rings. The topological polar surface area (TPSA) is 56.7 Å². The number of anilines is 1. The van der Waals surface area contributed by atoms with Crippen LogP contribution < -0.4 is 5.73 Å². The van der Waals surface area contributed by atoms with Gasteiger partial charge in [0, 0.05) is 28.5 Å². The molecule has 1 saturated carbocycles. The minimum Gasteiger partial charge on any atom is -0.383 e. The van der Waals surface area contributed by atoms with Crippen molar-refractivity contribution in [1.82, 2.24) is 14.5 Å². The second kappa shape index (κ2) is 3.59. The van der Waals surface area contributed by atoms with E-state index in [1.165, 1.54) is 12.8 Å². The zero-order chi connectivity index (χ0) is 11.1. The quantitative estimate of drug-likeness (QED) is 0.919. The fourth-order valence-electron chi connectivity index (χ4n) is 1.78. The van der Waals surface area contributed by atoms with Crippen LogP contribution in [0.2, 0.25) is 0 Å². The number of nitrogens with two attached hydrogens (primary N) is 1. The molecule has 82 valence electrons. The SMILES string of the molecule is Nc1c(-c2cncc(Br)c2)ncn1C1CC1. The highest BCUT2D eigenvalue weighted by molar-refractivity contribution is 9.10. The van der Waals surface area contributed by atoms with Gasteiger partial charge in [0.1, 0.15) is 11.5 Å². The Kier molecular flexibility index (Phi) is 2.21. The molecule has 0 atom stereocenters. The molecule has 3 rings (SSSR count). The third-order valence-electron chi connectivity index (χ3n) is 2.75. The largest absolute Gasteiger partial charge is 0.383 e. The molecule has 0 amide bonds. The predicted molar refractivity (Wildman–Crippen MR) is 65.8 cm³/mol. The summed E-state index contributed by atoms with van der Waals surface area (Å²) in [5.74, 6) is 0.738. The molecule has 2 aromatic heterocycles. The van der Waals surface area contributed by atoms with Crippen molar-refractivity contribution in [2.24, 2.45) is 0 Å². The second-order valence-electron chi connectivity index (χ2n) is 4.01. The van der Waals surface area contributed by atoms with E-state index in [1.54, 1.807) is 12.4 Å². The molecule has 0 spiro atoms. The van der Waals surface area contributed by atoms with Crippen molar-refractivity contribution in [1.29, 1.82) is 0 Å². The van der Waals surface area contributed by atoms with Crippen LogP contribution in [0, 0.1) is 0 Å². The van der Waals surface area contributed by atoms with Gasteiger partial charge in [-0.1, -0.05) is 0 Å². The molecule has 2 aromatic rings. The summed E-state index contributed by atoms with van der Waals surface area (Å²) in [6.45, 7) is 0. The molecule has 0 aromatic carbocycles. The highest BCUT2D eigenvalue weighted by Crippen LogP contribution is 2.39. The first-order valence-corrected chi connectivity index (χ1v) is 5.98. The van der Waals surface area contributed by atoms with Gasteiger partial charge in [-0.3, -0.25) is 4.98 Å². The summed E-state index contributed by atoms with van der Waals surface area (Å²) in [7, 11) is 0. The van der Waals surface area contributed by atoms with Crippen LogP contribution >= 0.6 is 15.9 Å². The first-order valence-electron chi connectivity index (χ1n) is 5.19. The third kappa shape index (κ3) is 1.61. The molecule has 0 radical (unpaired) electrons. The Hall–Kier alpha value is -1.36. The van der Waals surface area contributed by atoms with Gasteiger partial charge in [-0.2, -0.15) is 0 Å². The lowest BCUT2D eigenvalue weighted by molar-refractivity contribution is 0.751. The minimum atomic E-state index is 0.557. The van der Waals surface area contributed by atoms with Gasteiger partial charge in [-0.05, 0) is 34.8 Å². The Morgan fingerprint density at radius 1 is 1.38 bits per heavy atom. The number of nitrogen functional groups attached to an aromatic ring is 1. The van der Waals surface area contributed by atoms with Gasteiger partial charge in [0.15, 0.2) is 0 Å². The maximum Gasteiger partial charge on any atom is 0.131 e. The Balaban J connectivity index is 2.06. The monoisotopic (exact) mass is 278 g/mol. The van der Waals surface area contributed by atoms with Crippen molar-refractivity contribution >= 4 is 21.7 Å². The fourth-order valence-corrected chi connectivity index (χ4v) is 2.14. The van der Waals surface area contributed by atoms with Gasteiger partial charge < -0.3 is 10.3 Å². The number of rotatable bonds is 2. The zero-order valence-corrected chi connectivity index (χ0v) is 10.2. The molecule has 5 heteroatoms. The zero-order valence-electron chi connectivity index (χ0n) is 8.60. The average molecular weight is 279 g/mol. The number of nitrogens with zero attached hydrogens (tertiary/aromatic N) is 3. The Morgan fingerprint density at radius 2 is 2.19 bits per heavy atom. The van der Waals surface area contributed by atoms with Crippen LogP contribution in [0.1, 0.15) is 18.9 Å². The molecule has 2 N–H and O–H groups in total. The lowest BCUT2D eigenvalue weighted by Gasteiger charge is -2.03. The molecule has 0 unspecified atom stereocenters. The van der Waals surface area contributed by atoms with Crippen molar-refractivity contribution in [3.05, 3.63) is 29.3 Å². The molecule has 2 heterocycles. The van der Waals surface area contributed by atoms with Crippen LogP contribution in [-0.4, -0.2) is 14.5 Å². The van der Waals surface area contributed by atoms with Crippen LogP contribution in [-0.2, 0) is 0 Å². The van der Waals surface area contributed by atoms with Gasteiger partial charge >= 0.3 is 0 Å². The second-order valence-corrected chi connectivity index (χ2v) is 4.92. The normalized spacial score (nSPS) is 15.3. The first-order chi connectivity index (χ1) is 7.75. The van der Waals surface area contributed by atoms with Crippen LogP contribution in [0.5, 0.6) is 0 Å². The predicted octanol–water partition coefficient (Wildman–Crippen LogP) is 2.62. The Morgan fingerprint density at radius 3 is 2.88 bits per heavy atom. The molecule has 0 bridgehead atoms. The summed E-state index contributed by atoms with van der Waals surface area (Å²) in [5.41, 5.74) is 7.85. The van der Waals surface area contributed by atoms with Crippen molar-refractivity contribution in [2.75, 3.05) is 5.73 Å². The molecule has 1 fully saturated rings. The lowest BCUT2D eigenvalue weighted by atomic mass is 10.2. The number of aromatic nitrogens is 3. The van der Waals surface area contributed by atoms with Crippen molar-refractivity contribution in [2.45, 2.75) is 18.9 Å². The van der Waals surface area contributed by atoms with E-state index in [-0.39, 0.29) is 0 Å². The molecule has 4 nitrogen and oxygen atoms in total. The van der Waals surface area contributed by atoms with Gasteiger partial charge in [-0.15, -0.1) is 0 Å². The molecular weight excluding hydrogens is 268 g/mol. The molecular formula is C11H11BrN4. The molecule has 16 heavy (non-hydrogen) atoms. The minimum absolute atomic E-state index is 0.557. The number of hydrogen-bond donors (Lipinski definition) is 1. The fraction of sp³-hybridized carbons (Fsp3) is 0.273. The summed E-state index contributed by atoms with van der Waals surface area (Å²) in [6.07, 6.45) is 7.76. The van der Waals surface area contributed by atoms with E-state index in [0.717, 1.165) is 21.5 Å².